The Bertz CT molecular complexity index is 1080. The first-order chi connectivity index (χ1) is 13.8. The number of fused-ring (bicyclic) bond motifs is 1. The first-order valence-electron chi connectivity index (χ1n) is 8.48. The molecule has 3 aromatic heterocycles. The maximum Gasteiger partial charge on any atom is 0.253 e. The summed E-state index contributed by atoms with van der Waals surface area (Å²) in [4.78, 5) is 35.5. The van der Waals surface area contributed by atoms with Crippen LogP contribution in [0.3, 0.4) is 0 Å². The molecule has 0 radical (unpaired) electrons. The fourth-order valence-corrected chi connectivity index (χ4v) is 3.53. The van der Waals surface area contributed by atoms with Gasteiger partial charge in [-0.15, -0.1) is 0 Å². The van der Waals surface area contributed by atoms with Gasteiger partial charge >= 0.3 is 0 Å². The van der Waals surface area contributed by atoms with Crippen LogP contribution in [0.4, 0.5) is 5.82 Å². The van der Waals surface area contributed by atoms with Crippen LogP contribution in [0.2, 0.25) is 5.15 Å². The molecule has 0 saturated heterocycles. The van der Waals surface area contributed by atoms with Gasteiger partial charge in [-0.05, 0) is 34.1 Å². The molecule has 0 fully saturated rings. The molecular weight excluding hydrogens is 466 g/mol. The minimum atomic E-state index is -0.803. The Kier molecular flexibility index (Phi) is 6.48. The first-order valence-corrected chi connectivity index (χ1v) is 9.65. The van der Waals surface area contributed by atoms with E-state index in [2.05, 4.69) is 41.5 Å². The minimum absolute atomic E-state index is 0.104. The van der Waals surface area contributed by atoms with E-state index in [0.29, 0.717) is 32.6 Å². The number of anilines is 1. The average molecular weight is 483 g/mol. The number of halogens is 2. The Morgan fingerprint density at radius 3 is 2.69 bits per heavy atom. The Labute approximate surface area is 178 Å². The van der Waals surface area contributed by atoms with E-state index in [-0.39, 0.29) is 16.6 Å². The summed E-state index contributed by atoms with van der Waals surface area (Å²) in [6, 6.07) is 4.00. The topological polar surface area (TPSA) is 140 Å². The summed E-state index contributed by atoms with van der Waals surface area (Å²) in [5.41, 5.74) is 2.36. The Balaban J connectivity index is 2.10. The second kappa shape index (κ2) is 8.87. The van der Waals surface area contributed by atoms with Crippen LogP contribution in [0.25, 0.3) is 22.3 Å². The summed E-state index contributed by atoms with van der Waals surface area (Å²) in [7, 11) is 0. The predicted octanol–water partition coefficient (Wildman–Crippen LogP) is 2.08. The molecule has 3 rings (SSSR count). The van der Waals surface area contributed by atoms with Crippen LogP contribution in [0.15, 0.2) is 28.9 Å². The smallest absolute Gasteiger partial charge is 0.253 e. The van der Waals surface area contributed by atoms with Crippen molar-refractivity contribution >= 4 is 56.2 Å². The van der Waals surface area contributed by atoms with Gasteiger partial charge in [0.2, 0.25) is 5.91 Å². The van der Waals surface area contributed by atoms with Crippen molar-refractivity contribution < 1.29 is 19.8 Å². The third kappa shape index (κ3) is 4.56. The van der Waals surface area contributed by atoms with Crippen LogP contribution in [0.5, 0.6) is 0 Å². The predicted molar refractivity (Wildman–Crippen MR) is 112 cm³/mol. The number of H-pyrrole nitrogens is 1. The lowest BCUT2D eigenvalue weighted by atomic mass is 10.2. The fourth-order valence-electron chi connectivity index (χ4n) is 2.72. The lowest BCUT2D eigenvalue weighted by molar-refractivity contribution is -0.114. The van der Waals surface area contributed by atoms with Gasteiger partial charge < -0.3 is 25.8 Å². The minimum Gasteiger partial charge on any atom is -0.394 e. The quantitative estimate of drug-likeness (QED) is 0.341. The highest BCUT2D eigenvalue weighted by Gasteiger charge is 2.21. The molecule has 3 heterocycles. The number of carbonyl (C=O) groups excluding carboxylic acids is 2. The van der Waals surface area contributed by atoms with Crippen molar-refractivity contribution in [3.8, 4) is 11.3 Å². The van der Waals surface area contributed by atoms with E-state index in [1.807, 2.05) is 0 Å². The highest BCUT2D eigenvalue weighted by Crippen LogP contribution is 2.36. The van der Waals surface area contributed by atoms with Crippen LogP contribution < -0.4 is 10.6 Å². The van der Waals surface area contributed by atoms with Crippen LogP contribution in [0.1, 0.15) is 17.3 Å². The number of pyridine rings is 2. The molecule has 9 nitrogen and oxygen atoms in total. The second-order valence-electron chi connectivity index (χ2n) is 6.18. The van der Waals surface area contributed by atoms with Crippen molar-refractivity contribution in [3.63, 3.8) is 0 Å². The van der Waals surface area contributed by atoms with Gasteiger partial charge in [0.15, 0.2) is 0 Å². The highest BCUT2D eigenvalue weighted by atomic mass is 79.9. The number of rotatable bonds is 6. The normalized spacial score (nSPS) is 11.1. The van der Waals surface area contributed by atoms with Crippen LogP contribution >= 0.6 is 27.5 Å². The van der Waals surface area contributed by atoms with Gasteiger partial charge in [0.1, 0.15) is 16.5 Å². The van der Waals surface area contributed by atoms with Crippen LogP contribution in [-0.4, -0.2) is 56.2 Å². The van der Waals surface area contributed by atoms with E-state index in [9.17, 15) is 19.8 Å². The standard InChI is InChI=1S/C18H17BrClN5O4/c1-8(28)22-13-4-9(2-3-21-13)15-14(19)17-16(25-15)11(5-12(20)24-17)18(29)23-10(6-26)7-27/h2-5,10,25-27H,6-7H2,1H3,(H,23,29)(H,21,22,28). The number of aliphatic hydroxyl groups is 2. The van der Waals surface area contributed by atoms with E-state index < -0.39 is 25.2 Å². The van der Waals surface area contributed by atoms with Gasteiger partial charge in [-0.1, -0.05) is 11.6 Å². The summed E-state index contributed by atoms with van der Waals surface area (Å²) in [6.45, 7) is 0.565. The van der Waals surface area contributed by atoms with Crippen LogP contribution in [0, 0.1) is 0 Å². The summed E-state index contributed by atoms with van der Waals surface area (Å²) in [5.74, 6) is -0.403. The number of aromatic amines is 1. The number of hydrogen-bond acceptors (Lipinski definition) is 6. The maximum absolute atomic E-state index is 12.7. The molecule has 11 heteroatoms. The van der Waals surface area contributed by atoms with Crippen molar-refractivity contribution in [3.05, 3.63) is 39.6 Å². The molecule has 5 N–H and O–H groups in total. The molecule has 0 aliphatic heterocycles. The Morgan fingerprint density at radius 2 is 2.03 bits per heavy atom. The van der Waals surface area contributed by atoms with E-state index in [1.165, 1.54) is 13.0 Å². The van der Waals surface area contributed by atoms with Crippen molar-refractivity contribution in [2.75, 3.05) is 18.5 Å². The van der Waals surface area contributed by atoms with Crippen LogP contribution in [-0.2, 0) is 4.79 Å². The number of amides is 2. The van der Waals surface area contributed by atoms with Gasteiger partial charge in [0.25, 0.3) is 5.91 Å². The molecule has 2 amide bonds. The van der Waals surface area contributed by atoms with Crippen molar-refractivity contribution in [1.82, 2.24) is 20.3 Å². The average Bonchev–Trinajstić information content (AvgIpc) is 3.01. The van der Waals surface area contributed by atoms with E-state index in [4.69, 9.17) is 11.6 Å². The zero-order valence-electron chi connectivity index (χ0n) is 15.2. The summed E-state index contributed by atoms with van der Waals surface area (Å²) < 4.78 is 0.574. The van der Waals surface area contributed by atoms with Gasteiger partial charge in [0, 0.05) is 18.7 Å². The Morgan fingerprint density at radius 1 is 1.31 bits per heavy atom. The molecule has 0 bridgehead atoms. The third-order valence-electron chi connectivity index (χ3n) is 4.04. The number of aromatic nitrogens is 3. The molecule has 0 saturated carbocycles. The van der Waals surface area contributed by atoms with E-state index in [1.54, 1.807) is 18.3 Å². The van der Waals surface area contributed by atoms with E-state index >= 15 is 0 Å². The molecule has 29 heavy (non-hydrogen) atoms. The number of hydrogen-bond donors (Lipinski definition) is 5. The van der Waals surface area contributed by atoms with Gasteiger partial charge in [-0.3, -0.25) is 9.59 Å². The zero-order valence-corrected chi connectivity index (χ0v) is 17.5. The van der Waals surface area contributed by atoms with Gasteiger partial charge in [-0.2, -0.15) is 0 Å². The third-order valence-corrected chi connectivity index (χ3v) is 5.00. The fraction of sp³-hybridized carbons (Fsp3) is 0.222. The molecule has 152 valence electrons. The maximum atomic E-state index is 12.7. The lowest BCUT2D eigenvalue weighted by Gasteiger charge is -2.13. The number of nitrogens with one attached hydrogen (secondary N) is 3. The second-order valence-corrected chi connectivity index (χ2v) is 7.36. The Hall–Kier alpha value is -2.53. The molecule has 0 aliphatic carbocycles. The monoisotopic (exact) mass is 481 g/mol. The van der Waals surface area contributed by atoms with Crippen molar-refractivity contribution in [2.45, 2.75) is 13.0 Å². The number of carbonyl (C=O) groups is 2. The molecule has 0 aliphatic rings. The molecule has 0 atom stereocenters. The first kappa shape index (κ1) is 21.2. The van der Waals surface area contributed by atoms with Gasteiger partial charge in [-0.25, -0.2) is 9.97 Å². The number of aliphatic hydroxyl groups excluding tert-OH is 2. The number of nitrogens with zero attached hydrogens (tertiary/aromatic N) is 2. The lowest BCUT2D eigenvalue weighted by Crippen LogP contribution is -2.40. The van der Waals surface area contributed by atoms with Crippen molar-refractivity contribution in [1.29, 1.82) is 0 Å². The van der Waals surface area contributed by atoms with E-state index in [0.717, 1.165) is 0 Å². The molecule has 3 aromatic rings. The van der Waals surface area contributed by atoms with Crippen molar-refractivity contribution in [2.24, 2.45) is 0 Å². The molecule has 0 unspecified atom stereocenters. The summed E-state index contributed by atoms with van der Waals surface area (Å²) in [5, 5.41) is 23.7. The summed E-state index contributed by atoms with van der Waals surface area (Å²) >= 11 is 9.59. The molecule has 0 aromatic carbocycles. The summed E-state index contributed by atoms with van der Waals surface area (Å²) in [6.07, 6.45) is 1.54. The zero-order chi connectivity index (χ0) is 21.1. The molecular formula is C18H17BrClN5O4. The highest BCUT2D eigenvalue weighted by molar-refractivity contribution is 9.10. The van der Waals surface area contributed by atoms with Gasteiger partial charge in [0.05, 0.1) is 40.5 Å². The largest absolute Gasteiger partial charge is 0.394 e. The SMILES string of the molecule is CC(=O)Nc1cc(-c2[nH]c3c(C(=O)NC(CO)CO)cc(Cl)nc3c2Br)ccn1. The molecule has 0 spiro atoms.